The summed E-state index contributed by atoms with van der Waals surface area (Å²) in [5.74, 6) is -8.34. The van der Waals surface area contributed by atoms with Crippen LogP contribution in [0.25, 0.3) is 0 Å². The van der Waals surface area contributed by atoms with Gasteiger partial charge in [-0.15, -0.1) is 0 Å². The van der Waals surface area contributed by atoms with Gasteiger partial charge in [0.1, 0.15) is 5.69 Å². The summed E-state index contributed by atoms with van der Waals surface area (Å²) in [5.41, 5.74) is -2.71. The topological polar surface area (TPSA) is 113 Å². The third-order valence-corrected chi connectivity index (χ3v) is 9.28. The van der Waals surface area contributed by atoms with Crippen LogP contribution < -0.4 is 3.71 Å². The average Bonchev–Trinajstić information content (AvgIpc) is 2.77. The number of benzene rings is 2. The number of carbonyl (C=O) groups is 1. The SMILES string of the molecule is C=Nc1cc(C(=O)c2c(F)c(F)cc(N(S(=O)(=O)CCC)S(=O)(=O)CCC)c2F)ccc1N=CC. The van der Waals surface area contributed by atoms with Gasteiger partial charge in [-0.2, -0.15) is 3.71 Å². The lowest BCUT2D eigenvalue weighted by molar-refractivity contribution is 0.103. The standard InChI is InChI=1S/C22H24F3N3O5S2/c1-5-10-34(30,31)28(35(32,33)11-6-2)18-13-15(23)20(24)19(21(18)25)22(29)14-8-9-16(27-7-3)17(12-14)26-4/h7-9,12-13H,4-6,10-11H2,1-3H3. The van der Waals surface area contributed by atoms with E-state index in [1.54, 1.807) is 6.92 Å². The molecule has 0 saturated heterocycles. The maximum atomic E-state index is 15.6. The molecule has 0 aliphatic carbocycles. The Balaban J connectivity index is 2.85. The molecule has 2 aromatic carbocycles. The fourth-order valence-corrected chi connectivity index (χ4v) is 7.32. The summed E-state index contributed by atoms with van der Waals surface area (Å²) in [6, 6.07) is 3.69. The predicted molar refractivity (Wildman–Crippen MR) is 130 cm³/mol. The Morgan fingerprint density at radius 1 is 0.971 bits per heavy atom. The molecule has 8 nitrogen and oxygen atoms in total. The number of nitrogens with zero attached hydrogens (tertiary/aromatic N) is 3. The van der Waals surface area contributed by atoms with Crippen LogP contribution >= 0.6 is 0 Å². The second-order valence-corrected chi connectivity index (χ2v) is 11.4. The van der Waals surface area contributed by atoms with Gasteiger partial charge in [-0.1, -0.05) is 13.8 Å². The number of carbonyl (C=O) groups excluding carboxylic acids is 1. The summed E-state index contributed by atoms with van der Waals surface area (Å²) >= 11 is 0. The van der Waals surface area contributed by atoms with Crippen LogP contribution in [0.5, 0.6) is 0 Å². The second kappa shape index (κ2) is 11.1. The summed E-state index contributed by atoms with van der Waals surface area (Å²) in [5, 5.41) is 0. The van der Waals surface area contributed by atoms with Crippen LogP contribution in [0.2, 0.25) is 0 Å². The summed E-state index contributed by atoms with van der Waals surface area (Å²) in [6.07, 6.45) is 1.36. The lowest BCUT2D eigenvalue weighted by Gasteiger charge is -2.25. The zero-order valence-corrected chi connectivity index (χ0v) is 20.9. The van der Waals surface area contributed by atoms with Crippen LogP contribution in [0.1, 0.15) is 49.5 Å². The Hall–Kier alpha value is -3.06. The third kappa shape index (κ3) is 5.78. The monoisotopic (exact) mass is 531 g/mol. The van der Waals surface area contributed by atoms with Crippen LogP contribution in [-0.2, 0) is 20.0 Å². The highest BCUT2D eigenvalue weighted by Crippen LogP contribution is 2.35. The van der Waals surface area contributed by atoms with E-state index in [9.17, 15) is 30.4 Å². The van der Waals surface area contributed by atoms with Crippen molar-refractivity contribution in [1.82, 2.24) is 0 Å². The normalized spacial score (nSPS) is 12.2. The highest BCUT2D eigenvalue weighted by molar-refractivity contribution is 8.10. The molecule has 0 N–H and O–H groups in total. The minimum absolute atomic E-state index is 0.0402. The van der Waals surface area contributed by atoms with Crippen molar-refractivity contribution in [1.29, 1.82) is 0 Å². The molecule has 0 unspecified atom stereocenters. The van der Waals surface area contributed by atoms with Crippen molar-refractivity contribution in [3.63, 3.8) is 0 Å². The van der Waals surface area contributed by atoms with Gasteiger partial charge < -0.3 is 0 Å². The number of anilines is 1. The van der Waals surface area contributed by atoms with Crippen molar-refractivity contribution in [2.45, 2.75) is 33.6 Å². The Morgan fingerprint density at radius 2 is 1.54 bits per heavy atom. The van der Waals surface area contributed by atoms with E-state index in [2.05, 4.69) is 16.7 Å². The highest BCUT2D eigenvalue weighted by atomic mass is 32.3. The molecule has 0 heterocycles. The first-order chi connectivity index (χ1) is 16.4. The molecule has 0 amide bonds. The molecule has 0 aromatic heterocycles. The molecule has 0 saturated carbocycles. The van der Waals surface area contributed by atoms with Gasteiger partial charge in [0.05, 0.1) is 28.4 Å². The maximum absolute atomic E-state index is 15.6. The van der Waals surface area contributed by atoms with Gasteiger partial charge in [-0.3, -0.25) is 14.8 Å². The lowest BCUT2D eigenvalue weighted by atomic mass is 10.00. The zero-order valence-electron chi connectivity index (χ0n) is 19.3. The number of halogens is 3. The van der Waals surface area contributed by atoms with Gasteiger partial charge in [0.2, 0.25) is 20.0 Å². The summed E-state index contributed by atoms with van der Waals surface area (Å²) < 4.78 is 95.7. The smallest absolute Gasteiger partial charge is 0.248 e. The lowest BCUT2D eigenvalue weighted by Crippen LogP contribution is -2.40. The van der Waals surface area contributed by atoms with Crippen molar-refractivity contribution >= 4 is 55.8 Å². The van der Waals surface area contributed by atoms with Crippen molar-refractivity contribution in [3.8, 4) is 0 Å². The molecule has 0 aliphatic heterocycles. The molecule has 0 aliphatic rings. The molecule has 0 fully saturated rings. The molecule has 0 spiro atoms. The van der Waals surface area contributed by atoms with Gasteiger partial charge >= 0.3 is 0 Å². The number of aliphatic imine (C=N–C) groups is 2. The molecular formula is C22H24F3N3O5S2. The fraction of sp³-hybridized carbons (Fsp3) is 0.318. The summed E-state index contributed by atoms with van der Waals surface area (Å²) in [7, 11) is -9.44. The minimum Gasteiger partial charge on any atom is -0.288 e. The number of hydrogen-bond acceptors (Lipinski definition) is 7. The van der Waals surface area contributed by atoms with Crippen molar-refractivity contribution in [2.24, 2.45) is 9.98 Å². The largest absolute Gasteiger partial charge is 0.288 e. The van der Waals surface area contributed by atoms with Gasteiger partial charge in [0.25, 0.3) is 0 Å². The first-order valence-corrected chi connectivity index (χ1v) is 13.7. The first-order valence-electron chi connectivity index (χ1n) is 10.4. The van der Waals surface area contributed by atoms with Crippen LogP contribution in [0.15, 0.2) is 34.3 Å². The fourth-order valence-electron chi connectivity index (χ4n) is 3.26. The number of ketones is 1. The van der Waals surface area contributed by atoms with Gasteiger partial charge in [-0.05, 0) is 44.7 Å². The van der Waals surface area contributed by atoms with Crippen molar-refractivity contribution in [3.05, 3.63) is 52.8 Å². The Labute approximate surface area is 202 Å². The van der Waals surface area contributed by atoms with Crippen LogP contribution in [0, 0.1) is 17.5 Å². The Bertz CT molecular complexity index is 1360. The van der Waals surface area contributed by atoms with E-state index >= 15 is 4.39 Å². The molecule has 0 atom stereocenters. The molecule has 2 rings (SSSR count). The van der Waals surface area contributed by atoms with E-state index in [0.29, 0.717) is 5.69 Å². The zero-order chi connectivity index (χ0) is 26.6. The van der Waals surface area contributed by atoms with E-state index in [1.807, 2.05) is 0 Å². The maximum Gasteiger partial charge on any atom is 0.248 e. The van der Waals surface area contributed by atoms with E-state index in [1.165, 1.54) is 26.1 Å². The molecule has 13 heteroatoms. The predicted octanol–water partition coefficient (Wildman–Crippen LogP) is 4.68. The molecular weight excluding hydrogens is 507 g/mol. The molecule has 35 heavy (non-hydrogen) atoms. The summed E-state index contributed by atoms with van der Waals surface area (Å²) in [6.45, 7) is 7.84. The number of rotatable bonds is 11. The molecule has 0 radical (unpaired) electrons. The molecule has 190 valence electrons. The van der Waals surface area contributed by atoms with E-state index in [0.717, 1.165) is 12.1 Å². The third-order valence-electron chi connectivity index (χ3n) is 4.67. The van der Waals surface area contributed by atoms with E-state index in [4.69, 9.17) is 0 Å². The van der Waals surface area contributed by atoms with Crippen LogP contribution in [0.3, 0.4) is 0 Å². The second-order valence-electron chi connectivity index (χ2n) is 7.29. The molecule has 2 aromatic rings. The van der Waals surface area contributed by atoms with Gasteiger partial charge in [-0.25, -0.2) is 30.0 Å². The minimum atomic E-state index is -4.72. The Kier molecular flexibility index (Phi) is 8.95. The quantitative estimate of drug-likeness (QED) is 0.237. The molecule has 0 bridgehead atoms. The highest BCUT2D eigenvalue weighted by Gasteiger charge is 2.38. The van der Waals surface area contributed by atoms with Crippen LogP contribution in [0.4, 0.5) is 30.2 Å². The Morgan fingerprint density at radius 3 is 2.03 bits per heavy atom. The number of hydrogen-bond donors (Lipinski definition) is 0. The first kappa shape index (κ1) is 28.2. The van der Waals surface area contributed by atoms with E-state index in [-0.39, 0.29) is 33.9 Å². The van der Waals surface area contributed by atoms with Crippen LogP contribution in [-0.4, -0.2) is 47.1 Å². The number of sulfonamides is 2. The van der Waals surface area contributed by atoms with Gasteiger partial charge in [0, 0.05) is 17.8 Å². The summed E-state index contributed by atoms with van der Waals surface area (Å²) in [4.78, 5) is 20.7. The van der Waals surface area contributed by atoms with Crippen molar-refractivity contribution < 1.29 is 34.8 Å². The van der Waals surface area contributed by atoms with E-state index < -0.39 is 66.0 Å². The van der Waals surface area contributed by atoms with Gasteiger partial charge in [0.15, 0.2) is 23.2 Å². The van der Waals surface area contributed by atoms with Crippen molar-refractivity contribution in [2.75, 3.05) is 15.2 Å². The average molecular weight is 532 g/mol.